The first-order chi connectivity index (χ1) is 13.7. The first kappa shape index (κ1) is 25.1. The van der Waals surface area contributed by atoms with E-state index in [0.717, 1.165) is 38.5 Å². The van der Waals surface area contributed by atoms with Crippen molar-refractivity contribution in [2.45, 2.75) is 101 Å². The van der Waals surface area contributed by atoms with Gasteiger partial charge < -0.3 is 14.6 Å². The highest BCUT2D eigenvalue weighted by molar-refractivity contribution is 14.1. The van der Waals surface area contributed by atoms with Crippen molar-refractivity contribution < 1.29 is 23.8 Å². The van der Waals surface area contributed by atoms with Crippen molar-refractivity contribution in [3.05, 3.63) is 12.2 Å². The van der Waals surface area contributed by atoms with Crippen LogP contribution in [0.25, 0.3) is 0 Å². The molecule has 168 valence electrons. The van der Waals surface area contributed by atoms with Crippen molar-refractivity contribution in [2.75, 3.05) is 7.11 Å². The summed E-state index contributed by atoms with van der Waals surface area (Å²) in [4.78, 5) is 11.3. The molecule has 0 aromatic rings. The summed E-state index contributed by atoms with van der Waals surface area (Å²) >= 11 is 2.27. The molecular weight excluding hydrogens is 486 g/mol. The van der Waals surface area contributed by atoms with E-state index in [4.69, 9.17) is 4.74 Å². The summed E-state index contributed by atoms with van der Waals surface area (Å²) < 4.78 is 26.1. The number of rotatable bonds is 11. The molecule has 0 aromatic carbocycles. The number of alkyl halides is 2. The molecule has 1 saturated carbocycles. The molecule has 29 heavy (non-hydrogen) atoms. The minimum Gasteiger partial charge on any atom is -0.469 e. The topological polar surface area (TPSA) is 55.8 Å². The number of methoxy groups -OCH3 is 1. The lowest BCUT2D eigenvalue weighted by Gasteiger charge is -2.29. The smallest absolute Gasteiger partial charge is 0.305 e. The monoisotopic (exact) mass is 524 g/mol. The van der Waals surface area contributed by atoms with Gasteiger partial charge >= 0.3 is 5.97 Å². The number of ether oxygens (including phenoxy) is 2. The number of hydrogen-bond donors (Lipinski definition) is 1. The van der Waals surface area contributed by atoms with Crippen LogP contribution in [-0.4, -0.2) is 46.6 Å². The predicted molar refractivity (Wildman–Crippen MR) is 122 cm³/mol. The van der Waals surface area contributed by atoms with Crippen LogP contribution >= 0.6 is 22.6 Å². The summed E-state index contributed by atoms with van der Waals surface area (Å²) in [5.41, 5.74) is -0.165. The quantitative estimate of drug-likeness (QED) is 0.170. The molecule has 1 unspecified atom stereocenters. The summed E-state index contributed by atoms with van der Waals surface area (Å²) in [6, 6.07) is 0. The third-order valence-electron chi connectivity index (χ3n) is 6.68. The number of carbonyl (C=O) groups is 1. The van der Waals surface area contributed by atoms with Crippen LogP contribution in [0.15, 0.2) is 12.2 Å². The van der Waals surface area contributed by atoms with Gasteiger partial charge in [0.2, 0.25) is 0 Å². The number of aliphatic hydroxyl groups excluding tert-OH is 1. The number of halogens is 2. The summed E-state index contributed by atoms with van der Waals surface area (Å²) in [6.07, 6.45) is 8.74. The second-order valence-corrected chi connectivity index (χ2v) is 10.9. The molecule has 0 radical (unpaired) electrons. The summed E-state index contributed by atoms with van der Waals surface area (Å²) in [5.74, 6) is -0.226. The maximum absolute atomic E-state index is 15.3. The number of aliphatic hydroxyl groups is 1. The number of hydrogen-bond acceptors (Lipinski definition) is 4. The lowest BCUT2D eigenvalue weighted by molar-refractivity contribution is -0.140. The molecule has 1 aliphatic carbocycles. The fraction of sp³-hybridized carbons (Fsp3) is 0.870. The lowest BCUT2D eigenvalue weighted by Crippen LogP contribution is -2.32. The fourth-order valence-corrected chi connectivity index (χ4v) is 5.63. The molecule has 7 atom stereocenters. The Hall–Kier alpha value is -0.210. The zero-order valence-corrected chi connectivity index (χ0v) is 20.4. The minimum absolute atomic E-state index is 0.0345. The van der Waals surface area contributed by atoms with Crippen LogP contribution in [0.1, 0.15) is 72.1 Å². The van der Waals surface area contributed by atoms with E-state index in [-0.39, 0.29) is 33.2 Å². The van der Waals surface area contributed by atoms with E-state index in [1.165, 1.54) is 7.11 Å². The first-order valence-electron chi connectivity index (χ1n) is 11.1. The van der Waals surface area contributed by atoms with Crippen LogP contribution in [0.5, 0.6) is 0 Å². The van der Waals surface area contributed by atoms with Crippen molar-refractivity contribution in [3.8, 4) is 0 Å². The van der Waals surface area contributed by atoms with Crippen LogP contribution in [0.4, 0.5) is 4.39 Å². The standard InChI is InChI=1S/C23H38FIO4/c1-5-6-14-23(2,3)18(26)13-11-15-10-12-17-20(15)21(24)22(29-17)16(25)8-7-9-19(27)28-4/h11,13,15-18,20-22,26H,5-10,12,14H2,1-4H3/t15-,16?,17-,18-,20-,21+,22+/m1/s1. The molecule has 4 nitrogen and oxygen atoms in total. The van der Waals surface area contributed by atoms with Crippen molar-refractivity contribution in [3.63, 3.8) is 0 Å². The van der Waals surface area contributed by atoms with Crippen LogP contribution in [0.2, 0.25) is 0 Å². The highest BCUT2D eigenvalue weighted by Gasteiger charge is 2.52. The molecule has 2 aliphatic rings. The molecule has 2 rings (SSSR count). The van der Waals surface area contributed by atoms with Crippen LogP contribution < -0.4 is 0 Å². The maximum atomic E-state index is 15.3. The van der Waals surface area contributed by atoms with Gasteiger partial charge in [-0.15, -0.1) is 0 Å². The van der Waals surface area contributed by atoms with E-state index in [0.29, 0.717) is 12.8 Å². The zero-order valence-electron chi connectivity index (χ0n) is 18.3. The number of esters is 1. The van der Waals surface area contributed by atoms with Crippen molar-refractivity contribution in [2.24, 2.45) is 17.3 Å². The fourth-order valence-electron chi connectivity index (χ4n) is 4.62. The van der Waals surface area contributed by atoms with Gasteiger partial charge in [0.15, 0.2) is 0 Å². The van der Waals surface area contributed by atoms with Gasteiger partial charge in [0, 0.05) is 16.3 Å². The number of unbranched alkanes of at least 4 members (excludes halogenated alkanes) is 1. The molecule has 1 heterocycles. The van der Waals surface area contributed by atoms with Gasteiger partial charge in [-0.3, -0.25) is 4.79 Å². The SMILES string of the molecule is CCCCC(C)(C)[C@H](O)C=C[C@H]1CC[C@H]2O[C@@H](C(I)CCCC(=O)OC)[C@@H](F)[C@H]12. The van der Waals surface area contributed by atoms with Crippen LogP contribution in [-0.2, 0) is 14.3 Å². The Kier molecular flexibility index (Phi) is 9.87. The van der Waals surface area contributed by atoms with E-state index >= 15 is 4.39 Å². The molecule has 0 spiro atoms. The Labute approximate surface area is 189 Å². The Morgan fingerprint density at radius 2 is 2.10 bits per heavy atom. The third kappa shape index (κ3) is 6.63. The number of allylic oxidation sites excluding steroid dienone is 1. The van der Waals surface area contributed by atoms with E-state index < -0.39 is 18.4 Å². The van der Waals surface area contributed by atoms with E-state index in [1.807, 2.05) is 12.2 Å². The Morgan fingerprint density at radius 1 is 1.38 bits per heavy atom. The van der Waals surface area contributed by atoms with Crippen molar-refractivity contribution in [1.29, 1.82) is 0 Å². The average molecular weight is 524 g/mol. The average Bonchev–Trinajstić information content (AvgIpc) is 3.24. The third-order valence-corrected chi connectivity index (χ3v) is 8.01. The van der Waals surface area contributed by atoms with Gasteiger partial charge in [0.25, 0.3) is 0 Å². The van der Waals surface area contributed by atoms with Gasteiger partial charge in [-0.05, 0) is 43.4 Å². The normalized spacial score (nSPS) is 31.8. The molecule has 0 aromatic heterocycles. The zero-order chi connectivity index (χ0) is 21.6. The van der Waals surface area contributed by atoms with Gasteiger partial charge in [-0.2, -0.15) is 0 Å². The van der Waals surface area contributed by atoms with Gasteiger partial charge in [-0.1, -0.05) is 68.4 Å². The summed E-state index contributed by atoms with van der Waals surface area (Å²) in [6.45, 7) is 6.35. The molecule has 1 saturated heterocycles. The van der Waals surface area contributed by atoms with Gasteiger partial charge in [-0.25, -0.2) is 4.39 Å². The van der Waals surface area contributed by atoms with E-state index in [2.05, 4.69) is 48.1 Å². The van der Waals surface area contributed by atoms with Gasteiger partial charge in [0.1, 0.15) is 12.3 Å². The first-order valence-corrected chi connectivity index (χ1v) is 12.3. The largest absolute Gasteiger partial charge is 0.469 e. The second kappa shape index (κ2) is 11.4. The van der Waals surface area contributed by atoms with E-state index in [9.17, 15) is 9.90 Å². The molecular formula is C23H38FIO4. The van der Waals surface area contributed by atoms with Crippen LogP contribution in [0.3, 0.4) is 0 Å². The molecule has 0 bridgehead atoms. The van der Waals surface area contributed by atoms with E-state index in [1.54, 1.807) is 0 Å². The molecule has 6 heteroatoms. The minimum atomic E-state index is -0.998. The highest BCUT2D eigenvalue weighted by Crippen LogP contribution is 2.47. The molecule has 1 N–H and O–H groups in total. The summed E-state index contributed by atoms with van der Waals surface area (Å²) in [7, 11) is 1.39. The van der Waals surface area contributed by atoms with Crippen molar-refractivity contribution >= 4 is 28.6 Å². The van der Waals surface area contributed by atoms with Gasteiger partial charge in [0.05, 0.1) is 19.3 Å². The Morgan fingerprint density at radius 3 is 2.76 bits per heavy atom. The number of carbonyl (C=O) groups excluding carboxylic acids is 1. The predicted octanol–water partition coefficient (Wildman–Crippen LogP) is 5.40. The Bertz CT molecular complexity index is 553. The molecule has 1 aliphatic heterocycles. The summed E-state index contributed by atoms with van der Waals surface area (Å²) in [5, 5.41) is 10.6. The Balaban J connectivity index is 1.91. The lowest BCUT2D eigenvalue weighted by atomic mass is 9.80. The molecule has 0 amide bonds. The number of fused-ring (bicyclic) bond motifs is 1. The second-order valence-electron chi connectivity index (χ2n) is 9.31. The molecule has 2 fully saturated rings. The highest BCUT2D eigenvalue weighted by atomic mass is 127. The maximum Gasteiger partial charge on any atom is 0.305 e. The van der Waals surface area contributed by atoms with Crippen molar-refractivity contribution in [1.82, 2.24) is 0 Å². The van der Waals surface area contributed by atoms with Crippen LogP contribution in [0, 0.1) is 17.3 Å².